The summed E-state index contributed by atoms with van der Waals surface area (Å²) in [6.45, 7) is 0.939. The fourth-order valence-electron chi connectivity index (χ4n) is 1.93. The molecule has 0 spiro atoms. The van der Waals surface area contributed by atoms with Crippen LogP contribution in [0.15, 0.2) is 17.5 Å². The first-order valence-electron chi connectivity index (χ1n) is 5.12. The van der Waals surface area contributed by atoms with Gasteiger partial charge in [-0.25, -0.2) is 0 Å². The van der Waals surface area contributed by atoms with E-state index in [4.69, 9.17) is 5.11 Å². The van der Waals surface area contributed by atoms with Crippen LogP contribution in [0, 0.1) is 5.92 Å². The van der Waals surface area contributed by atoms with Gasteiger partial charge >= 0.3 is 5.97 Å². The number of aliphatic carboxylic acids is 1. The number of carbonyl (C=O) groups is 1. The highest BCUT2D eigenvalue weighted by atomic mass is 32.1. The van der Waals surface area contributed by atoms with Crippen molar-refractivity contribution in [2.45, 2.75) is 25.4 Å². The fraction of sp³-hybridized carbons (Fsp3) is 0.545. The van der Waals surface area contributed by atoms with Crippen LogP contribution in [0.5, 0.6) is 0 Å². The van der Waals surface area contributed by atoms with Gasteiger partial charge in [-0.3, -0.25) is 9.69 Å². The Balaban J connectivity index is 1.79. The van der Waals surface area contributed by atoms with Crippen LogP contribution < -0.4 is 0 Å². The lowest BCUT2D eigenvalue weighted by Gasteiger charge is -2.38. The molecule has 1 heterocycles. The van der Waals surface area contributed by atoms with Gasteiger partial charge in [0, 0.05) is 17.5 Å². The Kier molecular flexibility index (Phi) is 3.07. The molecule has 1 aliphatic carbocycles. The molecule has 0 aliphatic heterocycles. The highest BCUT2D eigenvalue weighted by Crippen LogP contribution is 2.32. The number of carboxylic acid groups (broad SMARTS) is 1. The molecule has 1 saturated carbocycles. The molecule has 0 saturated heterocycles. The van der Waals surface area contributed by atoms with Crippen LogP contribution in [0.2, 0.25) is 0 Å². The van der Waals surface area contributed by atoms with Crippen molar-refractivity contribution in [3.63, 3.8) is 0 Å². The molecule has 82 valence electrons. The molecule has 1 aliphatic rings. The number of hydrogen-bond donors (Lipinski definition) is 1. The number of hydrogen-bond acceptors (Lipinski definition) is 3. The molecule has 15 heavy (non-hydrogen) atoms. The lowest BCUT2D eigenvalue weighted by atomic mass is 9.79. The molecule has 2 rings (SSSR count). The standard InChI is InChI=1S/C11H15NO2S/c1-12(7-10-3-2-4-15-10)9-5-8(6-9)11(13)14/h2-4,8-9H,5-7H2,1H3,(H,13,14). The Labute approximate surface area is 93.3 Å². The zero-order valence-electron chi connectivity index (χ0n) is 8.72. The molecule has 0 unspecified atom stereocenters. The maximum Gasteiger partial charge on any atom is 0.306 e. The SMILES string of the molecule is CN(Cc1cccs1)C1CC(C(=O)O)C1. The van der Waals surface area contributed by atoms with E-state index in [-0.39, 0.29) is 5.92 Å². The molecule has 1 fully saturated rings. The normalized spacial score (nSPS) is 25.2. The monoisotopic (exact) mass is 225 g/mol. The second-order valence-electron chi connectivity index (χ2n) is 4.15. The van der Waals surface area contributed by atoms with Crippen LogP contribution in [0.1, 0.15) is 17.7 Å². The summed E-state index contributed by atoms with van der Waals surface area (Å²) in [5.41, 5.74) is 0. The van der Waals surface area contributed by atoms with Crippen molar-refractivity contribution in [3.05, 3.63) is 22.4 Å². The molecule has 0 radical (unpaired) electrons. The molecule has 0 amide bonds. The van der Waals surface area contributed by atoms with Crippen molar-refractivity contribution in [2.24, 2.45) is 5.92 Å². The van der Waals surface area contributed by atoms with Gasteiger partial charge in [0.05, 0.1) is 5.92 Å². The summed E-state index contributed by atoms with van der Waals surface area (Å²) < 4.78 is 0. The van der Waals surface area contributed by atoms with E-state index in [1.165, 1.54) is 4.88 Å². The van der Waals surface area contributed by atoms with Crippen LogP contribution in [0.25, 0.3) is 0 Å². The van der Waals surface area contributed by atoms with E-state index in [1.807, 2.05) is 0 Å². The van der Waals surface area contributed by atoms with Crippen molar-refractivity contribution >= 4 is 17.3 Å². The Morgan fingerprint density at radius 3 is 2.93 bits per heavy atom. The van der Waals surface area contributed by atoms with E-state index >= 15 is 0 Å². The molecular formula is C11H15NO2S. The molecule has 1 aromatic rings. The Morgan fingerprint density at radius 2 is 2.40 bits per heavy atom. The van der Waals surface area contributed by atoms with Crippen LogP contribution >= 0.6 is 11.3 Å². The maximum atomic E-state index is 10.7. The molecule has 3 nitrogen and oxygen atoms in total. The molecule has 1 aromatic heterocycles. The summed E-state index contributed by atoms with van der Waals surface area (Å²) in [5.74, 6) is -0.753. The van der Waals surface area contributed by atoms with Gasteiger partial charge in [-0.1, -0.05) is 6.07 Å². The van der Waals surface area contributed by atoms with E-state index in [2.05, 4.69) is 29.5 Å². The summed E-state index contributed by atoms with van der Waals surface area (Å²) in [5, 5.41) is 10.8. The van der Waals surface area contributed by atoms with Crippen LogP contribution in [-0.4, -0.2) is 29.1 Å². The van der Waals surface area contributed by atoms with Crippen molar-refractivity contribution in [1.82, 2.24) is 4.90 Å². The second kappa shape index (κ2) is 4.33. The second-order valence-corrected chi connectivity index (χ2v) is 5.19. The van der Waals surface area contributed by atoms with Gasteiger partial charge in [0.15, 0.2) is 0 Å². The maximum absolute atomic E-state index is 10.7. The first-order chi connectivity index (χ1) is 7.16. The van der Waals surface area contributed by atoms with E-state index in [9.17, 15) is 4.79 Å². The van der Waals surface area contributed by atoms with Gasteiger partial charge in [-0.15, -0.1) is 11.3 Å². The number of thiophene rings is 1. The smallest absolute Gasteiger partial charge is 0.306 e. The summed E-state index contributed by atoms with van der Waals surface area (Å²) in [7, 11) is 2.07. The Hall–Kier alpha value is -0.870. The van der Waals surface area contributed by atoms with Crippen molar-refractivity contribution in [1.29, 1.82) is 0 Å². The lowest BCUT2D eigenvalue weighted by molar-refractivity contribution is -0.146. The zero-order chi connectivity index (χ0) is 10.8. The van der Waals surface area contributed by atoms with Gasteiger partial charge in [0.1, 0.15) is 0 Å². The minimum absolute atomic E-state index is 0.110. The average Bonchev–Trinajstić information content (AvgIpc) is 2.52. The van der Waals surface area contributed by atoms with Crippen LogP contribution in [0.3, 0.4) is 0 Å². The van der Waals surface area contributed by atoms with E-state index in [0.717, 1.165) is 19.4 Å². The van der Waals surface area contributed by atoms with Gasteiger partial charge < -0.3 is 5.11 Å². The van der Waals surface area contributed by atoms with E-state index in [0.29, 0.717) is 6.04 Å². The summed E-state index contributed by atoms with van der Waals surface area (Å²) >= 11 is 1.75. The summed E-state index contributed by atoms with van der Waals surface area (Å²) in [4.78, 5) is 14.2. The Morgan fingerprint density at radius 1 is 1.67 bits per heavy atom. The predicted molar refractivity (Wildman–Crippen MR) is 59.9 cm³/mol. The quantitative estimate of drug-likeness (QED) is 0.852. The molecular weight excluding hydrogens is 210 g/mol. The molecule has 0 aromatic carbocycles. The summed E-state index contributed by atoms with van der Waals surface area (Å²) in [6.07, 6.45) is 1.61. The topological polar surface area (TPSA) is 40.5 Å². The molecule has 0 bridgehead atoms. The summed E-state index contributed by atoms with van der Waals surface area (Å²) in [6, 6.07) is 4.62. The van der Waals surface area contributed by atoms with Crippen LogP contribution in [0.4, 0.5) is 0 Å². The highest BCUT2D eigenvalue weighted by molar-refractivity contribution is 7.09. The predicted octanol–water partition coefficient (Wildman–Crippen LogP) is 2.04. The highest BCUT2D eigenvalue weighted by Gasteiger charge is 2.36. The third-order valence-electron chi connectivity index (χ3n) is 3.07. The van der Waals surface area contributed by atoms with Gasteiger partial charge in [-0.2, -0.15) is 0 Å². The number of nitrogens with zero attached hydrogens (tertiary/aromatic N) is 1. The largest absolute Gasteiger partial charge is 0.481 e. The Bertz CT molecular complexity index is 330. The van der Waals surface area contributed by atoms with Gasteiger partial charge in [-0.05, 0) is 31.3 Å². The third-order valence-corrected chi connectivity index (χ3v) is 3.93. The van der Waals surface area contributed by atoms with E-state index < -0.39 is 5.97 Å². The van der Waals surface area contributed by atoms with E-state index in [1.54, 1.807) is 11.3 Å². The van der Waals surface area contributed by atoms with Crippen molar-refractivity contribution in [2.75, 3.05) is 7.05 Å². The first kappa shape index (κ1) is 10.6. The van der Waals surface area contributed by atoms with Crippen LogP contribution in [-0.2, 0) is 11.3 Å². The number of carboxylic acids is 1. The van der Waals surface area contributed by atoms with Gasteiger partial charge in [0.2, 0.25) is 0 Å². The molecule has 1 N–H and O–H groups in total. The minimum Gasteiger partial charge on any atom is -0.481 e. The zero-order valence-corrected chi connectivity index (χ0v) is 9.54. The average molecular weight is 225 g/mol. The molecule has 0 atom stereocenters. The lowest BCUT2D eigenvalue weighted by Crippen LogP contribution is -2.44. The van der Waals surface area contributed by atoms with Crippen molar-refractivity contribution < 1.29 is 9.90 Å². The first-order valence-corrected chi connectivity index (χ1v) is 6.00. The molecule has 4 heteroatoms. The van der Waals surface area contributed by atoms with Gasteiger partial charge in [0.25, 0.3) is 0 Å². The number of rotatable bonds is 4. The minimum atomic E-state index is -0.643. The fourth-order valence-corrected chi connectivity index (χ4v) is 2.69. The van der Waals surface area contributed by atoms with Crippen molar-refractivity contribution in [3.8, 4) is 0 Å². The third kappa shape index (κ3) is 2.38.